The van der Waals surface area contributed by atoms with Crippen molar-refractivity contribution in [2.45, 2.75) is 51.5 Å². The number of likely N-dealkylation sites (N-methyl/N-ethyl adjacent to an activating group) is 1. The summed E-state index contributed by atoms with van der Waals surface area (Å²) in [5.41, 5.74) is 4.70. The van der Waals surface area contributed by atoms with Gasteiger partial charge in [-0.25, -0.2) is 0 Å². The average Bonchev–Trinajstić information content (AvgIpc) is 3.52. The molecule has 1 aliphatic rings. The van der Waals surface area contributed by atoms with E-state index in [2.05, 4.69) is 36.8 Å². The lowest BCUT2D eigenvalue weighted by molar-refractivity contribution is -0.140. The molecule has 3 aromatic carbocycles. The predicted molar refractivity (Wildman–Crippen MR) is 198 cm³/mol. The Hall–Kier alpha value is -3.72. The fourth-order valence-corrected chi connectivity index (χ4v) is 6.51. The van der Waals surface area contributed by atoms with Gasteiger partial charge in [-0.2, -0.15) is 0 Å². The largest absolute Gasteiger partial charge is 0.487 e. The molecule has 2 atom stereocenters. The smallest absolute Gasteiger partial charge is 0.323 e. The van der Waals surface area contributed by atoms with Gasteiger partial charge in [-0.15, -0.1) is 0 Å². The number of carboxylic acids is 1. The van der Waals surface area contributed by atoms with E-state index in [0.717, 1.165) is 77.9 Å². The van der Waals surface area contributed by atoms with Crippen LogP contribution in [0.5, 0.6) is 11.5 Å². The third-order valence-electron chi connectivity index (χ3n) is 8.33. The van der Waals surface area contributed by atoms with Crippen LogP contribution in [-0.2, 0) is 22.7 Å². The number of hydrogen-bond donors (Lipinski definition) is 7. The molecule has 12 nitrogen and oxygen atoms in total. The lowest BCUT2D eigenvalue weighted by Gasteiger charge is -2.18. The molecule has 0 saturated carbocycles. The molecule has 14 heteroatoms. The minimum atomic E-state index is -1.21. The fraction of sp³-hybridized carbons (Fsp3) is 0.417. The molecule has 50 heavy (non-hydrogen) atoms. The number of hydrogen-bond acceptors (Lipinski definition) is 10. The van der Waals surface area contributed by atoms with Crippen LogP contribution in [0.15, 0.2) is 53.0 Å². The summed E-state index contributed by atoms with van der Waals surface area (Å²) in [6.07, 6.45) is 3.98. The number of unbranched alkanes of at least 4 members (excludes halogenated alkanes) is 1. The maximum atomic E-state index is 12.1. The van der Waals surface area contributed by atoms with Crippen molar-refractivity contribution in [1.82, 2.24) is 15.5 Å². The SMILES string of the molecule is CCNC(=O)COc1cc(OCc2cccc(-c3cccc(NCCCCN4CC[C@@H](O)C4)c3C=N)c2Br)c(Cl)cc1CN[C@@H](CO)C(=O)O. The molecule has 0 aromatic heterocycles. The van der Waals surface area contributed by atoms with Gasteiger partial charge in [-0.1, -0.05) is 41.9 Å². The second kappa shape index (κ2) is 19.6. The number of anilines is 1. The molecule has 0 unspecified atom stereocenters. The zero-order valence-corrected chi connectivity index (χ0v) is 30.4. The maximum Gasteiger partial charge on any atom is 0.323 e. The van der Waals surface area contributed by atoms with E-state index in [1.165, 1.54) is 6.21 Å². The zero-order chi connectivity index (χ0) is 36.0. The van der Waals surface area contributed by atoms with Crippen LogP contribution in [0, 0.1) is 5.41 Å². The van der Waals surface area contributed by atoms with Crippen molar-refractivity contribution in [3.05, 3.63) is 74.7 Å². The van der Waals surface area contributed by atoms with Crippen molar-refractivity contribution in [1.29, 1.82) is 5.41 Å². The first-order valence-electron chi connectivity index (χ1n) is 16.6. The number of carbonyl (C=O) groups excluding carboxylic acids is 1. The Kier molecular flexibility index (Phi) is 15.3. The molecule has 1 heterocycles. The Morgan fingerprint density at radius 2 is 1.90 bits per heavy atom. The highest BCUT2D eigenvalue weighted by Gasteiger charge is 2.21. The van der Waals surface area contributed by atoms with Crippen LogP contribution in [0.2, 0.25) is 5.02 Å². The number of β-amino-alcohol motifs (C(OH)–C–C–N with tert-alkyl or cyclic N) is 1. The number of ether oxygens (including phenoxy) is 2. The highest BCUT2D eigenvalue weighted by Crippen LogP contribution is 2.37. The Morgan fingerprint density at radius 3 is 2.60 bits per heavy atom. The number of carboxylic acid groups (broad SMARTS) is 1. The summed E-state index contributed by atoms with van der Waals surface area (Å²) in [4.78, 5) is 25.8. The first-order chi connectivity index (χ1) is 24.1. The molecule has 0 radical (unpaired) electrons. The van der Waals surface area contributed by atoms with E-state index in [1.807, 2.05) is 36.4 Å². The minimum Gasteiger partial charge on any atom is -0.487 e. The standard InChI is InChI=1S/C36H45BrClN5O7/c1-2-40-34(46)22-50-32-16-33(29(38)15-24(32)18-42-31(20-44)36(47)48)49-21-23-7-5-9-27(35(23)37)26-8-6-10-30(28(26)17-39)41-12-3-4-13-43-14-11-25(45)19-43/h5-10,15-17,25,31,39,41-42,44-45H,2-4,11-14,18-22H2,1H3,(H,40,46)(H,47,48)/t25-,31+/m1/s1. The van der Waals surface area contributed by atoms with Gasteiger partial charge in [0.25, 0.3) is 5.91 Å². The number of benzene rings is 3. The van der Waals surface area contributed by atoms with Gasteiger partial charge in [0.1, 0.15) is 24.1 Å². The summed E-state index contributed by atoms with van der Waals surface area (Å²) in [7, 11) is 0. The van der Waals surface area contributed by atoms with Crippen molar-refractivity contribution in [2.75, 3.05) is 51.3 Å². The molecule has 270 valence electrons. The lowest BCUT2D eigenvalue weighted by atomic mass is 9.97. The van der Waals surface area contributed by atoms with E-state index in [1.54, 1.807) is 19.1 Å². The van der Waals surface area contributed by atoms with Gasteiger partial charge < -0.3 is 45.7 Å². The van der Waals surface area contributed by atoms with Crippen LogP contribution in [0.1, 0.15) is 42.9 Å². The van der Waals surface area contributed by atoms with E-state index in [9.17, 15) is 24.9 Å². The number of nitrogens with one attached hydrogen (secondary N) is 4. The van der Waals surface area contributed by atoms with E-state index in [0.29, 0.717) is 17.9 Å². The van der Waals surface area contributed by atoms with Crippen molar-refractivity contribution in [3.8, 4) is 22.6 Å². The highest BCUT2D eigenvalue weighted by atomic mass is 79.9. The van der Waals surface area contributed by atoms with Crippen LogP contribution in [-0.4, -0.2) is 96.4 Å². The predicted octanol–water partition coefficient (Wildman–Crippen LogP) is 4.65. The lowest BCUT2D eigenvalue weighted by Crippen LogP contribution is -2.39. The fourth-order valence-electron chi connectivity index (χ4n) is 5.68. The first-order valence-corrected chi connectivity index (χ1v) is 17.8. The van der Waals surface area contributed by atoms with Crippen LogP contribution in [0.25, 0.3) is 11.1 Å². The highest BCUT2D eigenvalue weighted by molar-refractivity contribution is 9.10. The van der Waals surface area contributed by atoms with Crippen molar-refractivity contribution >= 4 is 51.3 Å². The quantitative estimate of drug-likeness (QED) is 0.0632. The molecule has 1 aliphatic heterocycles. The Morgan fingerprint density at radius 1 is 1.12 bits per heavy atom. The Labute approximate surface area is 305 Å². The molecule has 7 N–H and O–H groups in total. The van der Waals surface area contributed by atoms with Crippen LogP contribution >= 0.6 is 27.5 Å². The van der Waals surface area contributed by atoms with Gasteiger partial charge >= 0.3 is 5.97 Å². The van der Waals surface area contributed by atoms with Gasteiger partial charge in [0, 0.05) is 71.9 Å². The van der Waals surface area contributed by atoms with E-state index in [4.69, 9.17) is 26.5 Å². The van der Waals surface area contributed by atoms with E-state index < -0.39 is 18.6 Å². The number of amides is 1. The third-order valence-corrected chi connectivity index (χ3v) is 9.57. The Balaban J connectivity index is 1.48. The number of likely N-dealkylation sites (tertiary alicyclic amines) is 1. The number of rotatable bonds is 20. The van der Waals surface area contributed by atoms with Crippen molar-refractivity contribution in [3.63, 3.8) is 0 Å². The number of aliphatic hydroxyl groups excluding tert-OH is 2. The van der Waals surface area contributed by atoms with Gasteiger partial charge in [0.05, 0.1) is 17.7 Å². The summed E-state index contributed by atoms with van der Waals surface area (Å²) < 4.78 is 12.7. The molecule has 1 fully saturated rings. The summed E-state index contributed by atoms with van der Waals surface area (Å²) >= 11 is 10.4. The number of carbonyl (C=O) groups is 2. The summed E-state index contributed by atoms with van der Waals surface area (Å²) in [5.74, 6) is -0.973. The summed E-state index contributed by atoms with van der Waals surface area (Å²) in [6, 6.07) is 13.6. The molecule has 4 rings (SSSR count). The number of aliphatic carboxylic acids is 1. The molecule has 0 bridgehead atoms. The topological polar surface area (TPSA) is 176 Å². The minimum absolute atomic E-state index is 0.00271. The average molecular weight is 775 g/mol. The number of aliphatic hydroxyl groups is 2. The molecular formula is C36H45BrClN5O7. The maximum absolute atomic E-state index is 12.1. The zero-order valence-electron chi connectivity index (χ0n) is 28.0. The molecular weight excluding hydrogens is 730 g/mol. The normalized spacial score (nSPS) is 15.0. The van der Waals surface area contributed by atoms with E-state index >= 15 is 0 Å². The van der Waals surface area contributed by atoms with Gasteiger partial charge in [0.15, 0.2) is 6.61 Å². The first kappa shape index (κ1) is 39.1. The van der Waals surface area contributed by atoms with Crippen LogP contribution in [0.3, 0.4) is 0 Å². The monoisotopic (exact) mass is 773 g/mol. The molecule has 1 saturated heterocycles. The van der Waals surface area contributed by atoms with Gasteiger partial charge in [-0.05, 0) is 71.9 Å². The molecule has 3 aromatic rings. The second-order valence-electron chi connectivity index (χ2n) is 11.9. The molecule has 1 amide bonds. The number of halogens is 2. The van der Waals surface area contributed by atoms with Crippen molar-refractivity contribution < 1.29 is 34.4 Å². The number of nitrogens with zero attached hydrogens (tertiary/aromatic N) is 1. The third kappa shape index (κ3) is 10.9. The van der Waals surface area contributed by atoms with Gasteiger partial charge in [0.2, 0.25) is 0 Å². The summed E-state index contributed by atoms with van der Waals surface area (Å²) in [6.45, 7) is 4.90. The van der Waals surface area contributed by atoms with Crippen molar-refractivity contribution in [2.24, 2.45) is 0 Å². The van der Waals surface area contributed by atoms with Crippen LogP contribution in [0.4, 0.5) is 5.69 Å². The van der Waals surface area contributed by atoms with Crippen LogP contribution < -0.4 is 25.4 Å². The van der Waals surface area contributed by atoms with E-state index in [-0.39, 0.29) is 42.5 Å². The summed E-state index contributed by atoms with van der Waals surface area (Å²) in [5, 5.41) is 45.8. The van der Waals surface area contributed by atoms with Gasteiger partial charge in [-0.3, -0.25) is 14.9 Å². The molecule has 0 spiro atoms. The Bertz CT molecular complexity index is 1630. The second-order valence-corrected chi connectivity index (χ2v) is 13.1. The molecule has 0 aliphatic carbocycles.